The molecule has 0 aliphatic rings. The van der Waals surface area contributed by atoms with Crippen LogP contribution >= 0.6 is 11.6 Å². The summed E-state index contributed by atoms with van der Waals surface area (Å²) in [5.41, 5.74) is 13.6. The predicted molar refractivity (Wildman–Crippen MR) is 122 cm³/mol. The molecular weight excluding hydrogens is 432 g/mol. The summed E-state index contributed by atoms with van der Waals surface area (Å²) in [7, 11) is 0. The van der Waals surface area contributed by atoms with E-state index >= 15 is 0 Å². The number of primary amides is 1. The molecule has 0 unspecified atom stereocenters. The molecule has 0 fully saturated rings. The summed E-state index contributed by atoms with van der Waals surface area (Å²) in [6.45, 7) is 0.240. The Morgan fingerprint density at radius 1 is 1.16 bits per heavy atom. The van der Waals surface area contributed by atoms with Gasteiger partial charge in [0.1, 0.15) is 12.1 Å². The molecule has 6 N–H and O–H groups in total. The zero-order valence-electron chi connectivity index (χ0n) is 16.9. The van der Waals surface area contributed by atoms with Crippen molar-refractivity contribution in [3.8, 4) is 11.5 Å². The molecule has 0 bridgehead atoms. The summed E-state index contributed by atoms with van der Waals surface area (Å²) in [5.74, 6) is 0.214. The van der Waals surface area contributed by atoms with Crippen LogP contribution in [0, 0.1) is 0 Å². The van der Waals surface area contributed by atoms with Gasteiger partial charge in [0.25, 0.3) is 0 Å². The van der Waals surface area contributed by atoms with Crippen molar-refractivity contribution >= 4 is 35.0 Å². The standard InChI is InChI=1S/C14H11ClN6O2.C8H10O/c15-10-5-7(1-2-8(10)12(17)22)20-14-19-6-9(11(16)21-14)13-18-3-4-23-13;9-7-6-8-4-2-1-3-5-8/h1-6H,(H2,17,22)(H3,16,19,20,21);1-5,9H,6-7H2. The molecular formula is C22H21ClN6O3. The van der Waals surface area contributed by atoms with E-state index in [1.165, 1.54) is 30.3 Å². The topological polar surface area (TPSA) is 153 Å². The third kappa shape index (κ3) is 6.03. The highest BCUT2D eigenvalue weighted by Gasteiger charge is 2.11. The van der Waals surface area contributed by atoms with Crippen molar-refractivity contribution in [1.82, 2.24) is 15.0 Å². The molecule has 4 rings (SSSR count). The predicted octanol–water partition coefficient (Wildman–Crippen LogP) is 3.43. The van der Waals surface area contributed by atoms with Crippen LogP contribution < -0.4 is 16.8 Å². The number of amides is 1. The lowest BCUT2D eigenvalue weighted by Gasteiger charge is -2.08. The number of nitrogen functional groups attached to an aromatic ring is 1. The number of aromatic nitrogens is 3. The van der Waals surface area contributed by atoms with E-state index in [9.17, 15) is 4.79 Å². The lowest BCUT2D eigenvalue weighted by atomic mass is 10.2. The molecule has 9 nitrogen and oxygen atoms in total. The smallest absolute Gasteiger partial charge is 0.250 e. The molecule has 2 heterocycles. The number of halogens is 1. The third-order valence-corrected chi connectivity index (χ3v) is 4.53. The zero-order chi connectivity index (χ0) is 22.9. The van der Waals surface area contributed by atoms with E-state index in [0.717, 1.165) is 6.42 Å². The van der Waals surface area contributed by atoms with Crippen LogP contribution in [-0.2, 0) is 6.42 Å². The van der Waals surface area contributed by atoms with E-state index in [2.05, 4.69) is 20.3 Å². The number of oxazole rings is 1. The number of anilines is 3. The monoisotopic (exact) mass is 452 g/mol. The van der Waals surface area contributed by atoms with Crippen LogP contribution in [0.15, 0.2) is 71.6 Å². The van der Waals surface area contributed by atoms with E-state index in [1.54, 1.807) is 12.1 Å². The van der Waals surface area contributed by atoms with E-state index < -0.39 is 5.91 Å². The second-order valence-electron chi connectivity index (χ2n) is 6.47. The molecule has 0 saturated carbocycles. The van der Waals surface area contributed by atoms with Gasteiger partial charge in [0.15, 0.2) is 0 Å². The Labute approximate surface area is 189 Å². The number of carbonyl (C=O) groups excluding carboxylic acids is 1. The van der Waals surface area contributed by atoms with Gasteiger partial charge in [-0.1, -0.05) is 41.9 Å². The molecule has 0 aliphatic heterocycles. The van der Waals surface area contributed by atoms with E-state index in [1.807, 2.05) is 30.3 Å². The van der Waals surface area contributed by atoms with Crippen LogP contribution in [0.1, 0.15) is 15.9 Å². The van der Waals surface area contributed by atoms with Crippen molar-refractivity contribution < 1.29 is 14.3 Å². The first kappa shape index (κ1) is 22.7. The van der Waals surface area contributed by atoms with Crippen molar-refractivity contribution in [2.24, 2.45) is 5.73 Å². The van der Waals surface area contributed by atoms with Gasteiger partial charge in [-0.15, -0.1) is 0 Å². The second-order valence-corrected chi connectivity index (χ2v) is 6.88. The summed E-state index contributed by atoms with van der Waals surface area (Å²) in [5, 5.41) is 11.7. The zero-order valence-corrected chi connectivity index (χ0v) is 17.7. The summed E-state index contributed by atoms with van der Waals surface area (Å²) in [6, 6.07) is 14.6. The highest BCUT2D eigenvalue weighted by molar-refractivity contribution is 6.34. The molecule has 2 aromatic heterocycles. The second kappa shape index (κ2) is 10.9. The van der Waals surface area contributed by atoms with Gasteiger partial charge in [-0.25, -0.2) is 9.97 Å². The van der Waals surface area contributed by atoms with Crippen LogP contribution in [0.3, 0.4) is 0 Å². The van der Waals surface area contributed by atoms with Crippen molar-refractivity contribution in [2.45, 2.75) is 6.42 Å². The first-order valence-corrected chi connectivity index (χ1v) is 9.89. The number of aliphatic hydroxyl groups is 1. The molecule has 0 atom stereocenters. The van der Waals surface area contributed by atoms with Crippen molar-refractivity contribution in [2.75, 3.05) is 17.7 Å². The third-order valence-electron chi connectivity index (χ3n) is 4.21. The van der Waals surface area contributed by atoms with Crippen LogP contribution in [0.5, 0.6) is 0 Å². The maximum absolute atomic E-state index is 11.1. The fourth-order valence-electron chi connectivity index (χ4n) is 2.67. The number of nitrogens with one attached hydrogen (secondary N) is 1. The van der Waals surface area contributed by atoms with Crippen molar-refractivity contribution in [3.05, 3.63) is 83.3 Å². The van der Waals surface area contributed by atoms with E-state index in [-0.39, 0.29) is 29.0 Å². The SMILES string of the molecule is NC(=O)c1ccc(Nc2ncc(-c3ncco3)c(N)n2)cc1Cl.OCCc1ccccc1. The molecule has 164 valence electrons. The normalized spacial score (nSPS) is 10.2. The van der Waals surface area contributed by atoms with Crippen LogP contribution in [0.2, 0.25) is 5.02 Å². The van der Waals surface area contributed by atoms with Crippen molar-refractivity contribution in [3.63, 3.8) is 0 Å². The van der Waals surface area contributed by atoms with Gasteiger partial charge in [0.2, 0.25) is 17.7 Å². The molecule has 32 heavy (non-hydrogen) atoms. The number of benzene rings is 2. The van der Waals surface area contributed by atoms with Gasteiger partial charge in [-0.05, 0) is 30.2 Å². The maximum atomic E-state index is 11.1. The summed E-state index contributed by atoms with van der Waals surface area (Å²) in [4.78, 5) is 23.4. The molecule has 0 spiro atoms. The van der Waals surface area contributed by atoms with Gasteiger partial charge in [-0.2, -0.15) is 4.98 Å². The first-order chi connectivity index (χ1) is 15.5. The molecule has 2 aromatic carbocycles. The Bertz CT molecular complexity index is 1170. The summed E-state index contributed by atoms with van der Waals surface area (Å²) < 4.78 is 5.16. The minimum absolute atomic E-state index is 0.213. The number of rotatable bonds is 6. The minimum atomic E-state index is -0.600. The summed E-state index contributed by atoms with van der Waals surface area (Å²) in [6.07, 6.45) is 5.20. The van der Waals surface area contributed by atoms with Gasteiger partial charge in [-0.3, -0.25) is 4.79 Å². The number of aliphatic hydroxyl groups excluding tert-OH is 1. The number of hydrogen-bond donors (Lipinski definition) is 4. The summed E-state index contributed by atoms with van der Waals surface area (Å²) >= 11 is 5.99. The fourth-order valence-corrected chi connectivity index (χ4v) is 2.95. The Morgan fingerprint density at radius 2 is 1.94 bits per heavy atom. The highest BCUT2D eigenvalue weighted by Crippen LogP contribution is 2.25. The average molecular weight is 453 g/mol. The van der Waals surface area contributed by atoms with E-state index in [0.29, 0.717) is 17.1 Å². The maximum Gasteiger partial charge on any atom is 0.250 e. The fraction of sp³-hybridized carbons (Fsp3) is 0.0909. The van der Waals surface area contributed by atoms with Gasteiger partial charge in [0.05, 0.1) is 22.3 Å². The molecule has 1 amide bonds. The quantitative estimate of drug-likeness (QED) is 0.347. The van der Waals surface area contributed by atoms with Crippen LogP contribution in [0.4, 0.5) is 17.5 Å². The number of hydrogen-bond acceptors (Lipinski definition) is 8. The molecule has 0 radical (unpaired) electrons. The van der Waals surface area contributed by atoms with Crippen LogP contribution in [0.25, 0.3) is 11.5 Å². The number of nitrogens with two attached hydrogens (primary N) is 2. The average Bonchev–Trinajstić information content (AvgIpc) is 3.30. The molecule has 0 aliphatic carbocycles. The number of nitrogens with zero attached hydrogens (tertiary/aromatic N) is 3. The molecule has 10 heteroatoms. The number of carbonyl (C=O) groups is 1. The first-order valence-electron chi connectivity index (χ1n) is 9.51. The van der Waals surface area contributed by atoms with Gasteiger partial charge >= 0.3 is 0 Å². The lowest BCUT2D eigenvalue weighted by molar-refractivity contribution is 0.100. The largest absolute Gasteiger partial charge is 0.444 e. The Balaban J connectivity index is 0.000000269. The van der Waals surface area contributed by atoms with E-state index in [4.69, 9.17) is 32.6 Å². The molecule has 0 saturated heterocycles. The minimum Gasteiger partial charge on any atom is -0.444 e. The Hall–Kier alpha value is -3.95. The van der Waals surface area contributed by atoms with Crippen LogP contribution in [-0.4, -0.2) is 32.6 Å². The Kier molecular flexibility index (Phi) is 7.74. The lowest BCUT2D eigenvalue weighted by Crippen LogP contribution is -2.11. The molecule has 4 aromatic rings. The highest BCUT2D eigenvalue weighted by atomic mass is 35.5. The van der Waals surface area contributed by atoms with Gasteiger partial charge < -0.3 is 26.3 Å². The van der Waals surface area contributed by atoms with Crippen molar-refractivity contribution in [1.29, 1.82) is 0 Å². The van der Waals surface area contributed by atoms with Gasteiger partial charge in [0, 0.05) is 18.5 Å². The Morgan fingerprint density at radius 3 is 2.53 bits per heavy atom.